The minimum absolute atomic E-state index is 0.159. The lowest BCUT2D eigenvalue weighted by Gasteiger charge is -2.57. The molecule has 0 spiro atoms. The van der Waals surface area contributed by atoms with E-state index >= 15 is 0 Å². The second-order valence-corrected chi connectivity index (χ2v) is 18.8. The molecule has 3 aromatic rings. The first-order valence-electron chi connectivity index (χ1n) is 14.4. The Hall–Kier alpha value is -2.59. The Bertz CT molecular complexity index is 1360. The highest BCUT2D eigenvalue weighted by Crippen LogP contribution is 2.62. The summed E-state index contributed by atoms with van der Waals surface area (Å²) in [6, 6.07) is 19.4. The van der Waals surface area contributed by atoms with Crippen LogP contribution < -0.4 is 4.43 Å². The highest BCUT2D eigenvalue weighted by molar-refractivity contribution is 6.74. The molecule has 0 unspecified atom stereocenters. The quantitative estimate of drug-likeness (QED) is 0.246. The number of hydrogen-bond donors (Lipinski definition) is 0. The monoisotopic (exact) mass is 526 g/mol. The Morgan fingerprint density at radius 3 is 1.97 bits per heavy atom. The first kappa shape index (κ1) is 25.7. The minimum Gasteiger partial charge on any atom is -0.543 e. The molecule has 0 heterocycles. The molecule has 0 N–H and O–H groups in total. The standard InChI is InChI=1S/C34H42O3Si/c1-33(2,3)38(5,6)37-31-12-11-28(18-30(31)34-19-22-13-23(20-34)15-24(14-22)21-34)26-7-8-27-17-29(32(35)36-4)10-9-25(27)16-26/h7-12,16-18,22-24H,13-15,19-21H2,1-6H3. The molecule has 38 heavy (non-hydrogen) atoms. The summed E-state index contributed by atoms with van der Waals surface area (Å²) in [5.41, 5.74) is 4.80. The third kappa shape index (κ3) is 4.39. The molecule has 4 aliphatic carbocycles. The highest BCUT2D eigenvalue weighted by Gasteiger charge is 2.53. The molecule has 4 heteroatoms. The molecular formula is C34H42O3Si. The molecule has 4 saturated carbocycles. The van der Waals surface area contributed by atoms with Crippen molar-refractivity contribution in [1.82, 2.24) is 0 Å². The first-order valence-corrected chi connectivity index (χ1v) is 17.3. The van der Waals surface area contributed by atoms with E-state index in [2.05, 4.69) is 70.3 Å². The summed E-state index contributed by atoms with van der Waals surface area (Å²) in [5.74, 6) is 3.50. The van der Waals surface area contributed by atoms with Gasteiger partial charge in [-0.25, -0.2) is 4.79 Å². The fourth-order valence-electron chi connectivity index (χ4n) is 7.75. The van der Waals surface area contributed by atoms with Gasteiger partial charge in [0.2, 0.25) is 8.32 Å². The van der Waals surface area contributed by atoms with Gasteiger partial charge >= 0.3 is 5.97 Å². The number of ether oxygens (including phenoxy) is 1. The number of carbonyl (C=O) groups excluding carboxylic acids is 1. The molecule has 0 atom stereocenters. The predicted octanol–water partition coefficient (Wildman–Crippen LogP) is 9.15. The van der Waals surface area contributed by atoms with Gasteiger partial charge in [0.25, 0.3) is 0 Å². The summed E-state index contributed by atoms with van der Waals surface area (Å²) >= 11 is 0. The number of esters is 1. The molecule has 200 valence electrons. The molecule has 3 nitrogen and oxygen atoms in total. The fraction of sp³-hybridized carbons (Fsp3) is 0.500. The van der Waals surface area contributed by atoms with Crippen molar-refractivity contribution in [1.29, 1.82) is 0 Å². The molecule has 0 aliphatic heterocycles. The molecule has 4 bridgehead atoms. The minimum atomic E-state index is -1.98. The van der Waals surface area contributed by atoms with Crippen LogP contribution in [0.15, 0.2) is 54.6 Å². The molecule has 0 aromatic heterocycles. The molecule has 0 radical (unpaired) electrons. The zero-order valence-corrected chi connectivity index (χ0v) is 24.9. The molecular weight excluding hydrogens is 484 g/mol. The zero-order chi connectivity index (χ0) is 26.9. The Labute approximate surface area is 229 Å². The number of benzene rings is 3. The van der Waals surface area contributed by atoms with Gasteiger partial charge in [-0.05, 0) is 138 Å². The van der Waals surface area contributed by atoms with Gasteiger partial charge in [-0.2, -0.15) is 0 Å². The largest absolute Gasteiger partial charge is 0.543 e. The van der Waals surface area contributed by atoms with Gasteiger partial charge in [-0.15, -0.1) is 0 Å². The van der Waals surface area contributed by atoms with Gasteiger partial charge in [-0.1, -0.05) is 45.0 Å². The van der Waals surface area contributed by atoms with Crippen LogP contribution in [0.5, 0.6) is 5.75 Å². The van der Waals surface area contributed by atoms with Gasteiger partial charge in [0.15, 0.2) is 0 Å². The van der Waals surface area contributed by atoms with Gasteiger partial charge in [0, 0.05) is 0 Å². The first-order chi connectivity index (χ1) is 18.0. The number of carbonyl (C=O) groups is 1. The number of fused-ring (bicyclic) bond motifs is 1. The van der Waals surface area contributed by atoms with Crippen LogP contribution in [0, 0.1) is 17.8 Å². The summed E-state index contributed by atoms with van der Waals surface area (Å²) in [5, 5.41) is 2.34. The maximum atomic E-state index is 12.0. The van der Waals surface area contributed by atoms with Crippen LogP contribution in [0.3, 0.4) is 0 Å². The van der Waals surface area contributed by atoms with Crippen molar-refractivity contribution in [3.8, 4) is 16.9 Å². The van der Waals surface area contributed by atoms with Crippen molar-refractivity contribution in [2.75, 3.05) is 7.11 Å². The van der Waals surface area contributed by atoms with E-state index in [-0.39, 0.29) is 16.4 Å². The normalized spacial score (nSPS) is 26.5. The summed E-state index contributed by atoms with van der Waals surface area (Å²) in [4.78, 5) is 12.0. The number of rotatable bonds is 5. The second-order valence-electron chi connectivity index (χ2n) is 14.0. The summed E-state index contributed by atoms with van der Waals surface area (Å²) in [6.07, 6.45) is 8.29. The maximum absolute atomic E-state index is 12.0. The van der Waals surface area contributed by atoms with Crippen molar-refractivity contribution >= 4 is 25.1 Å². The molecule has 0 saturated heterocycles. The number of hydrogen-bond acceptors (Lipinski definition) is 3. The Balaban J connectivity index is 1.43. The molecule has 4 fully saturated rings. The van der Waals surface area contributed by atoms with Crippen LogP contribution in [-0.4, -0.2) is 21.4 Å². The van der Waals surface area contributed by atoms with Crippen LogP contribution in [-0.2, 0) is 10.2 Å². The van der Waals surface area contributed by atoms with Gasteiger partial charge in [0.1, 0.15) is 5.75 Å². The molecule has 3 aromatic carbocycles. The lowest BCUT2D eigenvalue weighted by molar-refractivity contribution is -0.00584. The molecule has 0 amide bonds. The summed E-state index contributed by atoms with van der Waals surface area (Å²) in [7, 11) is -0.554. The van der Waals surface area contributed by atoms with Crippen molar-refractivity contribution in [2.45, 2.75) is 82.8 Å². The van der Waals surface area contributed by atoms with Crippen LogP contribution in [0.25, 0.3) is 21.9 Å². The van der Waals surface area contributed by atoms with E-state index in [0.717, 1.165) is 34.3 Å². The van der Waals surface area contributed by atoms with E-state index in [4.69, 9.17) is 9.16 Å². The van der Waals surface area contributed by atoms with Gasteiger partial charge < -0.3 is 9.16 Å². The number of methoxy groups -OCH3 is 1. The van der Waals surface area contributed by atoms with E-state index in [1.807, 2.05) is 18.2 Å². The average Bonchev–Trinajstić information content (AvgIpc) is 2.86. The molecule has 4 aliphatic rings. The van der Waals surface area contributed by atoms with Crippen molar-refractivity contribution in [3.05, 3.63) is 65.7 Å². The Morgan fingerprint density at radius 2 is 1.37 bits per heavy atom. The SMILES string of the molecule is COC(=O)c1ccc2cc(-c3ccc(O[Si](C)(C)C(C)(C)C)c(C45CC6CC(CC(C6)C4)C5)c3)ccc2c1. The lowest BCUT2D eigenvalue weighted by atomic mass is 9.48. The van der Waals surface area contributed by atoms with Crippen LogP contribution >= 0.6 is 0 Å². The van der Waals surface area contributed by atoms with E-state index in [1.54, 1.807) is 0 Å². The second kappa shape index (κ2) is 8.98. The zero-order valence-electron chi connectivity index (χ0n) is 23.9. The Kier molecular flexibility index (Phi) is 6.06. The lowest BCUT2D eigenvalue weighted by Crippen LogP contribution is -2.49. The topological polar surface area (TPSA) is 35.5 Å². The van der Waals surface area contributed by atoms with E-state index < -0.39 is 8.32 Å². The van der Waals surface area contributed by atoms with Gasteiger partial charge in [0.05, 0.1) is 12.7 Å². The van der Waals surface area contributed by atoms with E-state index in [1.165, 1.54) is 62.3 Å². The summed E-state index contributed by atoms with van der Waals surface area (Å²) in [6.45, 7) is 11.7. The predicted molar refractivity (Wildman–Crippen MR) is 158 cm³/mol. The Morgan fingerprint density at radius 1 is 0.816 bits per heavy atom. The maximum Gasteiger partial charge on any atom is 0.337 e. The van der Waals surface area contributed by atoms with E-state index in [0.29, 0.717) is 5.56 Å². The highest BCUT2D eigenvalue weighted by atomic mass is 28.4. The smallest absolute Gasteiger partial charge is 0.337 e. The third-order valence-corrected chi connectivity index (χ3v) is 14.7. The van der Waals surface area contributed by atoms with Crippen LogP contribution in [0.1, 0.15) is 75.2 Å². The third-order valence-electron chi connectivity index (χ3n) is 10.4. The van der Waals surface area contributed by atoms with Crippen molar-refractivity contribution in [2.24, 2.45) is 17.8 Å². The summed E-state index contributed by atoms with van der Waals surface area (Å²) < 4.78 is 12.0. The van der Waals surface area contributed by atoms with Crippen LogP contribution in [0.4, 0.5) is 0 Å². The fourth-order valence-corrected chi connectivity index (χ4v) is 8.79. The molecule has 7 rings (SSSR count). The van der Waals surface area contributed by atoms with Crippen LogP contribution in [0.2, 0.25) is 18.1 Å². The van der Waals surface area contributed by atoms with Crippen molar-refractivity contribution < 1.29 is 14.0 Å². The van der Waals surface area contributed by atoms with Crippen molar-refractivity contribution in [3.63, 3.8) is 0 Å². The average molecular weight is 527 g/mol. The van der Waals surface area contributed by atoms with Gasteiger partial charge in [-0.3, -0.25) is 0 Å². The van der Waals surface area contributed by atoms with E-state index in [9.17, 15) is 4.79 Å².